The number of benzene rings is 1. The maximum absolute atomic E-state index is 13.3. The van der Waals surface area contributed by atoms with Crippen molar-refractivity contribution in [3.05, 3.63) is 54.0 Å². The summed E-state index contributed by atoms with van der Waals surface area (Å²) in [7, 11) is 0. The van der Waals surface area contributed by atoms with E-state index in [2.05, 4.69) is 15.6 Å². The maximum atomic E-state index is 13.3. The zero-order chi connectivity index (χ0) is 17.5. The average Bonchev–Trinajstić information content (AvgIpc) is 2.62. The minimum Gasteiger partial charge on any atom is -0.439 e. The number of hydrogen-bond donors (Lipinski definition) is 2. The lowest BCUT2D eigenvalue weighted by Gasteiger charge is -2.22. The number of nitrogens with one attached hydrogen (secondary N) is 2. The Kier molecular flexibility index (Phi) is 10.5. The van der Waals surface area contributed by atoms with E-state index in [0.29, 0.717) is 24.6 Å². The second-order valence-corrected chi connectivity index (χ2v) is 6.88. The van der Waals surface area contributed by atoms with Gasteiger partial charge in [-0.15, -0.1) is 24.8 Å². The van der Waals surface area contributed by atoms with E-state index in [4.69, 9.17) is 4.74 Å². The third-order valence-electron chi connectivity index (χ3n) is 3.77. The van der Waals surface area contributed by atoms with E-state index in [-0.39, 0.29) is 42.6 Å². The Labute approximate surface area is 174 Å². The van der Waals surface area contributed by atoms with Crippen LogP contribution in [0.1, 0.15) is 12.0 Å². The monoisotopic (exact) mass is 433 g/mol. The lowest BCUT2D eigenvalue weighted by Crippen LogP contribution is -2.41. The molecule has 0 radical (unpaired) electrons. The Hall–Kier alpha value is -1.54. The third kappa shape index (κ3) is 7.54. The quantitative estimate of drug-likeness (QED) is 0.728. The van der Waals surface area contributed by atoms with Crippen LogP contribution in [0.2, 0.25) is 0 Å². The number of hydrogen-bond acceptors (Lipinski definition) is 5. The normalized spacial score (nSPS) is 15.8. The number of pyridine rings is 1. The van der Waals surface area contributed by atoms with Crippen LogP contribution in [0.4, 0.5) is 4.39 Å². The van der Waals surface area contributed by atoms with Gasteiger partial charge in [0.15, 0.2) is 0 Å². The SMILES string of the molecule is Cl.Cl.O=C(CC1CSCCN1)NCc1cccnc1Oc1cccc(F)c1. The molecule has 1 amide bonds. The number of amides is 1. The van der Waals surface area contributed by atoms with E-state index in [1.165, 1.54) is 12.1 Å². The maximum Gasteiger partial charge on any atom is 0.224 e. The molecule has 2 aromatic rings. The first-order chi connectivity index (χ1) is 12.2. The van der Waals surface area contributed by atoms with Crippen LogP contribution in [0.3, 0.4) is 0 Å². The first-order valence-electron chi connectivity index (χ1n) is 8.16. The van der Waals surface area contributed by atoms with Crippen molar-refractivity contribution in [2.45, 2.75) is 19.0 Å². The van der Waals surface area contributed by atoms with Crippen molar-refractivity contribution in [2.24, 2.45) is 0 Å². The van der Waals surface area contributed by atoms with Crippen LogP contribution in [-0.2, 0) is 11.3 Å². The average molecular weight is 434 g/mol. The number of rotatable bonds is 6. The number of carbonyl (C=O) groups excluding carboxylic acids is 1. The topological polar surface area (TPSA) is 63.2 Å². The molecule has 1 aromatic heterocycles. The molecule has 148 valence electrons. The highest BCUT2D eigenvalue weighted by atomic mass is 35.5. The molecule has 1 aromatic carbocycles. The first kappa shape index (κ1) is 23.5. The number of nitrogens with zero attached hydrogens (tertiary/aromatic N) is 1. The molecule has 27 heavy (non-hydrogen) atoms. The van der Waals surface area contributed by atoms with Crippen LogP contribution in [0.15, 0.2) is 42.6 Å². The van der Waals surface area contributed by atoms with Gasteiger partial charge in [0.25, 0.3) is 0 Å². The van der Waals surface area contributed by atoms with Gasteiger partial charge in [-0.25, -0.2) is 9.37 Å². The van der Waals surface area contributed by atoms with Gasteiger partial charge in [-0.2, -0.15) is 11.8 Å². The van der Waals surface area contributed by atoms with Gasteiger partial charge in [0, 0.05) is 54.9 Å². The number of ether oxygens (including phenoxy) is 1. The van der Waals surface area contributed by atoms with E-state index >= 15 is 0 Å². The minimum absolute atomic E-state index is 0. The minimum atomic E-state index is -0.374. The fraction of sp³-hybridized carbons (Fsp3) is 0.333. The summed E-state index contributed by atoms with van der Waals surface area (Å²) < 4.78 is 18.9. The van der Waals surface area contributed by atoms with Crippen molar-refractivity contribution in [3.8, 4) is 11.6 Å². The number of aromatic nitrogens is 1. The Bertz CT molecular complexity index is 733. The molecule has 1 aliphatic heterocycles. The molecule has 0 bridgehead atoms. The summed E-state index contributed by atoms with van der Waals surface area (Å²) >= 11 is 1.86. The standard InChI is InChI=1S/C18H20FN3O2S.2ClH/c19-14-4-1-5-16(9-14)24-18-13(3-2-6-21-18)11-22-17(23)10-15-12-25-8-7-20-15;;/h1-6,9,15,20H,7-8,10-12H2,(H,22,23);2*1H. The highest BCUT2D eigenvalue weighted by Gasteiger charge is 2.17. The summed E-state index contributed by atoms with van der Waals surface area (Å²) in [6.07, 6.45) is 2.05. The van der Waals surface area contributed by atoms with Crippen LogP contribution >= 0.6 is 36.6 Å². The fourth-order valence-corrected chi connectivity index (χ4v) is 3.48. The number of thioether (sulfide) groups is 1. The van der Waals surface area contributed by atoms with Gasteiger partial charge < -0.3 is 15.4 Å². The van der Waals surface area contributed by atoms with Gasteiger partial charge >= 0.3 is 0 Å². The zero-order valence-electron chi connectivity index (χ0n) is 14.5. The summed E-state index contributed by atoms with van der Waals surface area (Å²) in [4.78, 5) is 16.3. The van der Waals surface area contributed by atoms with Crippen molar-refractivity contribution < 1.29 is 13.9 Å². The molecule has 5 nitrogen and oxygen atoms in total. The highest BCUT2D eigenvalue weighted by Crippen LogP contribution is 2.23. The van der Waals surface area contributed by atoms with Gasteiger partial charge in [0.2, 0.25) is 11.8 Å². The predicted octanol–water partition coefficient (Wildman–Crippen LogP) is 3.57. The number of halogens is 3. The Morgan fingerprint density at radius 2 is 2.19 bits per heavy atom. The van der Waals surface area contributed by atoms with E-state index < -0.39 is 0 Å². The molecule has 1 unspecified atom stereocenters. The second kappa shape index (κ2) is 12.0. The molecule has 0 aliphatic carbocycles. The van der Waals surface area contributed by atoms with Crippen molar-refractivity contribution in [2.75, 3.05) is 18.1 Å². The lowest BCUT2D eigenvalue weighted by atomic mass is 10.2. The fourth-order valence-electron chi connectivity index (χ4n) is 2.53. The molecular weight excluding hydrogens is 412 g/mol. The second-order valence-electron chi connectivity index (χ2n) is 5.73. The smallest absolute Gasteiger partial charge is 0.224 e. The number of carbonyl (C=O) groups is 1. The van der Waals surface area contributed by atoms with Gasteiger partial charge in [-0.1, -0.05) is 12.1 Å². The van der Waals surface area contributed by atoms with Crippen LogP contribution in [0, 0.1) is 5.82 Å². The third-order valence-corrected chi connectivity index (χ3v) is 4.90. The summed E-state index contributed by atoms with van der Waals surface area (Å²) in [5.74, 6) is 2.39. The van der Waals surface area contributed by atoms with Gasteiger partial charge in [-0.3, -0.25) is 4.79 Å². The lowest BCUT2D eigenvalue weighted by molar-refractivity contribution is -0.121. The van der Waals surface area contributed by atoms with E-state index in [9.17, 15) is 9.18 Å². The Morgan fingerprint density at radius 1 is 1.33 bits per heavy atom. The Morgan fingerprint density at radius 3 is 2.93 bits per heavy atom. The molecule has 0 spiro atoms. The van der Waals surface area contributed by atoms with E-state index in [0.717, 1.165) is 23.6 Å². The van der Waals surface area contributed by atoms with Crippen LogP contribution in [0.25, 0.3) is 0 Å². The van der Waals surface area contributed by atoms with E-state index in [1.54, 1.807) is 24.4 Å². The molecule has 2 heterocycles. The highest BCUT2D eigenvalue weighted by molar-refractivity contribution is 7.99. The van der Waals surface area contributed by atoms with Crippen LogP contribution in [0.5, 0.6) is 11.6 Å². The van der Waals surface area contributed by atoms with E-state index in [1.807, 2.05) is 17.8 Å². The van der Waals surface area contributed by atoms with Gasteiger partial charge in [0.05, 0.1) is 0 Å². The largest absolute Gasteiger partial charge is 0.439 e. The molecular formula is C18H22Cl2FN3O2S. The molecule has 1 fully saturated rings. The Balaban J connectivity index is 0.00000182. The van der Waals surface area contributed by atoms with Gasteiger partial charge in [0.1, 0.15) is 11.6 Å². The summed E-state index contributed by atoms with van der Waals surface area (Å²) in [5, 5.41) is 6.24. The molecule has 1 saturated heterocycles. The summed E-state index contributed by atoms with van der Waals surface area (Å²) in [6.45, 7) is 1.26. The molecule has 3 rings (SSSR count). The van der Waals surface area contributed by atoms with Crippen LogP contribution in [-0.4, -0.2) is 35.0 Å². The predicted molar refractivity (Wildman–Crippen MR) is 111 cm³/mol. The zero-order valence-corrected chi connectivity index (χ0v) is 17.0. The van der Waals surface area contributed by atoms with Crippen molar-refractivity contribution in [1.29, 1.82) is 0 Å². The molecule has 1 atom stereocenters. The van der Waals surface area contributed by atoms with Crippen molar-refractivity contribution in [1.82, 2.24) is 15.6 Å². The van der Waals surface area contributed by atoms with Crippen LogP contribution < -0.4 is 15.4 Å². The summed E-state index contributed by atoms with van der Waals surface area (Å²) in [6, 6.07) is 9.70. The molecule has 1 aliphatic rings. The van der Waals surface area contributed by atoms with Crippen molar-refractivity contribution in [3.63, 3.8) is 0 Å². The van der Waals surface area contributed by atoms with Crippen molar-refractivity contribution >= 4 is 42.5 Å². The molecule has 9 heteroatoms. The first-order valence-corrected chi connectivity index (χ1v) is 9.31. The summed E-state index contributed by atoms with van der Waals surface area (Å²) in [5.41, 5.74) is 0.742. The molecule has 2 N–H and O–H groups in total. The van der Waals surface area contributed by atoms with Gasteiger partial charge in [-0.05, 0) is 18.2 Å². The molecule has 0 saturated carbocycles.